The van der Waals surface area contributed by atoms with E-state index in [1.807, 2.05) is 32.9 Å². The average molecular weight is 369 g/mol. The fourth-order valence-electron chi connectivity index (χ4n) is 2.89. The van der Waals surface area contributed by atoms with Gasteiger partial charge in [0.1, 0.15) is 0 Å². The Kier molecular flexibility index (Phi) is 7.23. The first-order valence-electron chi connectivity index (χ1n) is 8.89. The first kappa shape index (κ1) is 20.3. The highest BCUT2D eigenvalue weighted by Crippen LogP contribution is 2.27. The molecule has 2 rings (SSSR count). The van der Waals surface area contributed by atoms with Crippen molar-refractivity contribution < 1.29 is 14.3 Å². The molecule has 0 aromatic heterocycles. The number of hydrogen-bond donors (Lipinski definition) is 2. The van der Waals surface area contributed by atoms with Gasteiger partial charge in [0.25, 0.3) is 5.91 Å². The molecule has 27 heavy (non-hydrogen) atoms. The zero-order chi connectivity index (χ0) is 19.8. The lowest BCUT2D eigenvalue weighted by atomic mass is 10.1. The van der Waals surface area contributed by atoms with Crippen LogP contribution in [0.15, 0.2) is 35.4 Å². The third-order valence-electron chi connectivity index (χ3n) is 3.99. The average Bonchev–Trinajstić information content (AvgIpc) is 2.62. The van der Waals surface area contributed by atoms with E-state index >= 15 is 0 Å². The van der Waals surface area contributed by atoms with E-state index in [4.69, 9.17) is 9.47 Å². The fourth-order valence-corrected chi connectivity index (χ4v) is 2.89. The van der Waals surface area contributed by atoms with Gasteiger partial charge in [-0.2, -0.15) is 5.10 Å². The molecule has 0 bridgehead atoms. The van der Waals surface area contributed by atoms with Crippen molar-refractivity contribution in [3.63, 3.8) is 0 Å². The number of rotatable bonds is 8. The molecule has 0 fully saturated rings. The van der Waals surface area contributed by atoms with Gasteiger partial charge in [-0.15, -0.1) is 0 Å². The summed E-state index contributed by atoms with van der Waals surface area (Å²) in [7, 11) is 1.58. The van der Waals surface area contributed by atoms with Crippen molar-refractivity contribution in [2.24, 2.45) is 5.10 Å². The van der Waals surface area contributed by atoms with Crippen LogP contribution in [-0.2, 0) is 4.79 Å². The van der Waals surface area contributed by atoms with Gasteiger partial charge in [0.15, 0.2) is 11.5 Å². The number of hydrogen-bond acceptors (Lipinski definition) is 5. The molecule has 0 radical (unpaired) electrons. The minimum atomic E-state index is -0.219. The quantitative estimate of drug-likeness (QED) is 0.551. The minimum Gasteiger partial charge on any atom is -0.493 e. The molecule has 2 aromatic rings. The molecule has 0 spiro atoms. The molecule has 0 unspecified atom stereocenters. The van der Waals surface area contributed by atoms with Gasteiger partial charge in [-0.25, -0.2) is 5.43 Å². The monoisotopic (exact) mass is 369 g/mol. The van der Waals surface area contributed by atoms with Crippen molar-refractivity contribution >= 4 is 17.8 Å². The van der Waals surface area contributed by atoms with Crippen LogP contribution in [0.4, 0.5) is 5.69 Å². The van der Waals surface area contributed by atoms with Crippen molar-refractivity contribution in [2.75, 3.05) is 25.6 Å². The smallest absolute Gasteiger partial charge is 0.259 e. The molecule has 0 heterocycles. The number of ether oxygens (including phenoxy) is 2. The Hall–Kier alpha value is -3.02. The summed E-state index contributed by atoms with van der Waals surface area (Å²) in [5, 5.41) is 7.18. The molecule has 2 aromatic carbocycles. The predicted molar refractivity (Wildman–Crippen MR) is 109 cm³/mol. The summed E-state index contributed by atoms with van der Waals surface area (Å²) in [5.74, 6) is 1.08. The first-order valence-corrected chi connectivity index (χ1v) is 8.89. The van der Waals surface area contributed by atoms with Crippen LogP contribution >= 0.6 is 0 Å². The summed E-state index contributed by atoms with van der Waals surface area (Å²) in [6.07, 6.45) is 1.57. The highest BCUT2D eigenvalue weighted by Gasteiger charge is 2.06. The highest BCUT2D eigenvalue weighted by atomic mass is 16.5. The lowest BCUT2D eigenvalue weighted by Gasteiger charge is -2.13. The number of carbonyl (C=O) groups is 1. The maximum absolute atomic E-state index is 12.0. The van der Waals surface area contributed by atoms with Gasteiger partial charge >= 0.3 is 0 Å². The second kappa shape index (κ2) is 9.62. The van der Waals surface area contributed by atoms with E-state index in [-0.39, 0.29) is 12.5 Å². The Morgan fingerprint density at radius 3 is 2.44 bits per heavy atom. The second-order valence-corrected chi connectivity index (χ2v) is 6.26. The molecule has 0 aliphatic rings. The number of nitrogens with zero attached hydrogens (tertiary/aromatic N) is 1. The van der Waals surface area contributed by atoms with Crippen LogP contribution in [0.25, 0.3) is 0 Å². The van der Waals surface area contributed by atoms with Gasteiger partial charge < -0.3 is 14.8 Å². The zero-order valence-electron chi connectivity index (χ0n) is 16.6. The number of nitrogens with one attached hydrogen (secondary N) is 2. The van der Waals surface area contributed by atoms with E-state index in [9.17, 15) is 4.79 Å². The second-order valence-electron chi connectivity index (χ2n) is 6.26. The van der Waals surface area contributed by atoms with Gasteiger partial charge in [0.05, 0.1) is 26.5 Å². The van der Waals surface area contributed by atoms with E-state index in [2.05, 4.69) is 34.9 Å². The van der Waals surface area contributed by atoms with E-state index in [1.165, 1.54) is 5.56 Å². The van der Waals surface area contributed by atoms with E-state index < -0.39 is 0 Å². The molecule has 144 valence electrons. The van der Waals surface area contributed by atoms with Crippen molar-refractivity contribution in [1.82, 2.24) is 5.43 Å². The van der Waals surface area contributed by atoms with Crippen molar-refractivity contribution in [1.29, 1.82) is 0 Å². The van der Waals surface area contributed by atoms with Crippen molar-refractivity contribution in [3.05, 3.63) is 52.6 Å². The summed E-state index contributed by atoms with van der Waals surface area (Å²) < 4.78 is 10.8. The molecule has 0 aliphatic heterocycles. The third-order valence-corrected chi connectivity index (χ3v) is 3.99. The summed E-state index contributed by atoms with van der Waals surface area (Å²) in [6.45, 7) is 8.73. The van der Waals surface area contributed by atoms with Crippen LogP contribution in [0.5, 0.6) is 11.5 Å². The number of hydrazone groups is 1. The number of benzene rings is 2. The third kappa shape index (κ3) is 5.74. The topological polar surface area (TPSA) is 72.0 Å². The number of anilines is 1. The normalized spacial score (nSPS) is 10.7. The lowest BCUT2D eigenvalue weighted by molar-refractivity contribution is -0.119. The Labute approximate surface area is 160 Å². The van der Waals surface area contributed by atoms with Crippen LogP contribution in [0, 0.1) is 20.8 Å². The molecular formula is C21H27N3O3. The van der Waals surface area contributed by atoms with Gasteiger partial charge in [0.2, 0.25) is 0 Å². The summed E-state index contributed by atoms with van der Waals surface area (Å²) in [6, 6.07) is 9.64. The van der Waals surface area contributed by atoms with Gasteiger partial charge in [-0.1, -0.05) is 17.7 Å². The molecule has 1 amide bonds. The van der Waals surface area contributed by atoms with Gasteiger partial charge in [-0.3, -0.25) is 4.79 Å². The zero-order valence-corrected chi connectivity index (χ0v) is 16.6. The Morgan fingerprint density at radius 2 is 1.81 bits per heavy atom. The molecule has 2 N–H and O–H groups in total. The molecule has 0 saturated heterocycles. The van der Waals surface area contributed by atoms with E-state index in [0.717, 1.165) is 22.4 Å². The van der Waals surface area contributed by atoms with Crippen LogP contribution in [0.3, 0.4) is 0 Å². The Balaban J connectivity index is 1.92. The van der Waals surface area contributed by atoms with E-state index in [0.29, 0.717) is 18.1 Å². The van der Waals surface area contributed by atoms with Crippen LogP contribution in [0.1, 0.15) is 29.2 Å². The van der Waals surface area contributed by atoms with Crippen molar-refractivity contribution in [2.45, 2.75) is 27.7 Å². The molecule has 0 aliphatic carbocycles. The minimum absolute atomic E-state index is 0.147. The van der Waals surface area contributed by atoms with Crippen molar-refractivity contribution in [3.8, 4) is 11.5 Å². The molecule has 0 atom stereocenters. The maximum Gasteiger partial charge on any atom is 0.259 e. The predicted octanol–water partition coefficient (Wildman–Crippen LogP) is 3.58. The Morgan fingerprint density at radius 1 is 1.11 bits per heavy atom. The standard InChI is InChI=1S/C21H27N3O3/c1-6-27-18-8-7-17(11-19(18)26-5)12-23-24-20(25)13-22-21-15(3)9-14(2)10-16(21)4/h7-12,22H,6,13H2,1-5H3,(H,24,25)/b23-12-. The maximum atomic E-state index is 12.0. The summed E-state index contributed by atoms with van der Waals surface area (Å²) in [5.41, 5.74) is 7.74. The lowest BCUT2D eigenvalue weighted by Crippen LogP contribution is -2.26. The SMILES string of the molecule is CCOc1ccc(/C=N\NC(=O)CNc2c(C)cc(C)cc2C)cc1OC. The highest BCUT2D eigenvalue weighted by molar-refractivity contribution is 5.85. The summed E-state index contributed by atoms with van der Waals surface area (Å²) >= 11 is 0. The van der Waals surface area contributed by atoms with Gasteiger partial charge in [-0.05, 0) is 62.6 Å². The summed E-state index contributed by atoms with van der Waals surface area (Å²) in [4.78, 5) is 12.0. The first-order chi connectivity index (χ1) is 12.9. The molecular weight excluding hydrogens is 342 g/mol. The van der Waals surface area contributed by atoms with Crippen LogP contribution < -0.4 is 20.2 Å². The number of carbonyl (C=O) groups excluding carboxylic acids is 1. The molecule has 6 nitrogen and oxygen atoms in total. The van der Waals surface area contributed by atoms with Gasteiger partial charge in [0, 0.05) is 5.69 Å². The number of methoxy groups -OCH3 is 1. The van der Waals surface area contributed by atoms with Crippen LogP contribution in [-0.4, -0.2) is 32.4 Å². The van der Waals surface area contributed by atoms with E-state index in [1.54, 1.807) is 19.4 Å². The Bertz CT molecular complexity index is 808. The number of aryl methyl sites for hydroxylation is 3. The largest absolute Gasteiger partial charge is 0.493 e. The molecule has 0 saturated carbocycles. The molecule has 6 heteroatoms. The fraction of sp³-hybridized carbons (Fsp3) is 0.333. The van der Waals surface area contributed by atoms with Crippen LogP contribution in [0.2, 0.25) is 0 Å². The number of amides is 1.